The zero-order valence-electron chi connectivity index (χ0n) is 9.74. The van der Waals surface area contributed by atoms with E-state index < -0.39 is 11.9 Å². The summed E-state index contributed by atoms with van der Waals surface area (Å²) in [7, 11) is 0. The fourth-order valence-electron chi connectivity index (χ4n) is 1.81. The first kappa shape index (κ1) is 12.6. The van der Waals surface area contributed by atoms with Crippen LogP contribution in [0.15, 0.2) is 29.1 Å². The number of rotatable bonds is 3. The number of hydrogen-bond donors (Lipinski definition) is 2. The molecule has 18 heavy (non-hydrogen) atoms. The number of halogens is 1. The first-order valence-corrected chi connectivity index (χ1v) is 5.90. The van der Waals surface area contributed by atoms with Gasteiger partial charge in [0.1, 0.15) is 0 Å². The van der Waals surface area contributed by atoms with Crippen molar-refractivity contribution in [2.45, 2.75) is 13.3 Å². The fourth-order valence-corrected chi connectivity index (χ4v) is 2.04. The average Bonchev–Trinajstić information content (AvgIpc) is 2.31. The first-order valence-electron chi connectivity index (χ1n) is 5.52. The molecule has 1 aromatic heterocycles. The highest BCUT2D eigenvalue weighted by molar-refractivity contribution is 6.35. The smallest absolute Gasteiger partial charge is 0.306 e. The highest BCUT2D eigenvalue weighted by atomic mass is 35.5. The predicted molar refractivity (Wildman–Crippen MR) is 70.1 cm³/mol. The topological polar surface area (TPSA) is 70.2 Å². The van der Waals surface area contributed by atoms with Crippen molar-refractivity contribution in [2.75, 3.05) is 0 Å². The highest BCUT2D eigenvalue weighted by Crippen LogP contribution is 2.21. The fraction of sp³-hybridized carbons (Fsp3) is 0.231. The van der Waals surface area contributed by atoms with Gasteiger partial charge in [-0.2, -0.15) is 0 Å². The number of H-pyrrole nitrogens is 1. The molecule has 0 aliphatic heterocycles. The largest absolute Gasteiger partial charge is 0.481 e. The molecule has 2 N–H and O–H groups in total. The number of fused-ring (bicyclic) bond motifs is 1. The maximum atomic E-state index is 11.8. The monoisotopic (exact) mass is 265 g/mol. The first-order chi connectivity index (χ1) is 8.49. The molecule has 4 nitrogen and oxygen atoms in total. The lowest BCUT2D eigenvalue weighted by Crippen LogP contribution is -2.19. The Morgan fingerprint density at radius 2 is 2.22 bits per heavy atom. The number of pyridine rings is 1. The van der Waals surface area contributed by atoms with E-state index in [1.54, 1.807) is 25.1 Å². The Hall–Kier alpha value is -1.81. The van der Waals surface area contributed by atoms with Crippen LogP contribution < -0.4 is 5.56 Å². The quantitative estimate of drug-likeness (QED) is 0.895. The molecule has 1 atom stereocenters. The second-order valence-electron chi connectivity index (χ2n) is 4.27. The van der Waals surface area contributed by atoms with Gasteiger partial charge in [-0.15, -0.1) is 0 Å². The summed E-state index contributed by atoms with van der Waals surface area (Å²) in [5, 5.41) is 10.1. The Kier molecular flexibility index (Phi) is 3.39. The molecule has 1 unspecified atom stereocenters. The third-order valence-corrected chi connectivity index (χ3v) is 3.17. The van der Waals surface area contributed by atoms with Crippen LogP contribution in [0.2, 0.25) is 5.02 Å². The van der Waals surface area contributed by atoms with Crippen LogP contribution in [0.25, 0.3) is 10.9 Å². The van der Waals surface area contributed by atoms with Crippen LogP contribution in [-0.4, -0.2) is 16.1 Å². The summed E-state index contributed by atoms with van der Waals surface area (Å²) in [5.41, 5.74) is 0.749. The van der Waals surface area contributed by atoms with Crippen LogP contribution in [-0.2, 0) is 11.2 Å². The second-order valence-corrected chi connectivity index (χ2v) is 4.68. The number of para-hydroxylation sites is 1. The third-order valence-electron chi connectivity index (χ3n) is 2.85. The average molecular weight is 266 g/mol. The van der Waals surface area contributed by atoms with E-state index in [4.69, 9.17) is 16.7 Å². The molecule has 0 radical (unpaired) electrons. The standard InChI is InChI=1S/C13H12ClNO3/c1-7(13(17)18)5-9-6-8-3-2-4-10(14)11(8)15-12(9)16/h2-4,6-7H,5H2,1H3,(H,15,16)(H,17,18). The molecule has 0 bridgehead atoms. The van der Waals surface area contributed by atoms with E-state index in [9.17, 15) is 9.59 Å². The van der Waals surface area contributed by atoms with Crippen molar-refractivity contribution >= 4 is 28.5 Å². The number of nitrogens with one attached hydrogen (secondary N) is 1. The number of carboxylic acid groups (broad SMARTS) is 1. The number of benzene rings is 1. The van der Waals surface area contributed by atoms with Crippen molar-refractivity contribution in [1.82, 2.24) is 4.98 Å². The Labute approximate surface area is 108 Å². The summed E-state index contributed by atoms with van der Waals surface area (Å²) < 4.78 is 0. The van der Waals surface area contributed by atoms with Crippen LogP contribution in [0.5, 0.6) is 0 Å². The van der Waals surface area contributed by atoms with Crippen molar-refractivity contribution in [3.8, 4) is 0 Å². The summed E-state index contributed by atoms with van der Waals surface area (Å²) in [6, 6.07) is 7.00. The molecule has 1 aromatic carbocycles. The van der Waals surface area contributed by atoms with Crippen LogP contribution >= 0.6 is 11.6 Å². The maximum Gasteiger partial charge on any atom is 0.306 e. The molecule has 0 saturated heterocycles. The molecular weight excluding hydrogens is 254 g/mol. The van der Waals surface area contributed by atoms with Crippen molar-refractivity contribution in [1.29, 1.82) is 0 Å². The van der Waals surface area contributed by atoms with Gasteiger partial charge in [-0.3, -0.25) is 9.59 Å². The minimum atomic E-state index is -0.916. The predicted octanol–water partition coefficient (Wildman–Crippen LogP) is 2.44. The van der Waals surface area contributed by atoms with Crippen LogP contribution in [0.1, 0.15) is 12.5 Å². The minimum Gasteiger partial charge on any atom is -0.481 e. The van der Waals surface area contributed by atoms with Crippen molar-refractivity contribution in [3.05, 3.63) is 45.2 Å². The van der Waals surface area contributed by atoms with Gasteiger partial charge in [-0.1, -0.05) is 30.7 Å². The van der Waals surface area contributed by atoms with E-state index in [1.165, 1.54) is 0 Å². The lowest BCUT2D eigenvalue weighted by Gasteiger charge is -2.07. The summed E-state index contributed by atoms with van der Waals surface area (Å²) in [5.74, 6) is -1.51. The van der Waals surface area contributed by atoms with E-state index in [-0.39, 0.29) is 12.0 Å². The van der Waals surface area contributed by atoms with Gasteiger partial charge in [0.2, 0.25) is 0 Å². The number of hydrogen-bond acceptors (Lipinski definition) is 2. The van der Waals surface area contributed by atoms with Gasteiger partial charge >= 0.3 is 5.97 Å². The minimum absolute atomic E-state index is 0.202. The van der Waals surface area contributed by atoms with Crippen LogP contribution in [0.3, 0.4) is 0 Å². The van der Waals surface area contributed by atoms with E-state index >= 15 is 0 Å². The zero-order chi connectivity index (χ0) is 13.3. The third kappa shape index (κ3) is 2.38. The molecule has 1 heterocycles. The van der Waals surface area contributed by atoms with Gasteiger partial charge in [-0.25, -0.2) is 0 Å². The van der Waals surface area contributed by atoms with Crippen molar-refractivity contribution < 1.29 is 9.90 Å². The van der Waals surface area contributed by atoms with E-state index in [1.807, 2.05) is 6.07 Å². The normalized spacial score (nSPS) is 12.6. The molecule has 2 aromatic rings. The molecule has 2 rings (SSSR count). The Morgan fingerprint density at radius 3 is 2.89 bits per heavy atom. The number of aromatic nitrogens is 1. The van der Waals surface area contributed by atoms with Crippen molar-refractivity contribution in [2.24, 2.45) is 5.92 Å². The van der Waals surface area contributed by atoms with E-state index in [0.29, 0.717) is 16.1 Å². The molecule has 94 valence electrons. The molecular formula is C13H12ClNO3. The number of aliphatic carboxylic acids is 1. The molecule has 0 amide bonds. The molecule has 5 heteroatoms. The van der Waals surface area contributed by atoms with Gasteiger partial charge in [0, 0.05) is 10.9 Å². The number of aromatic amines is 1. The lowest BCUT2D eigenvalue weighted by molar-refractivity contribution is -0.141. The van der Waals surface area contributed by atoms with Crippen LogP contribution in [0.4, 0.5) is 0 Å². The van der Waals surface area contributed by atoms with Gasteiger partial charge < -0.3 is 10.1 Å². The highest BCUT2D eigenvalue weighted by Gasteiger charge is 2.14. The SMILES string of the molecule is CC(Cc1cc2cccc(Cl)c2[nH]c1=O)C(=O)O. The summed E-state index contributed by atoms with van der Waals surface area (Å²) in [4.78, 5) is 25.3. The number of carbonyl (C=O) groups is 1. The van der Waals surface area contributed by atoms with Gasteiger partial charge in [0.05, 0.1) is 16.5 Å². The molecule has 0 spiro atoms. The zero-order valence-corrected chi connectivity index (χ0v) is 10.5. The van der Waals surface area contributed by atoms with E-state index in [0.717, 1.165) is 5.39 Å². The Balaban J connectivity index is 2.50. The lowest BCUT2D eigenvalue weighted by atomic mass is 10.0. The van der Waals surface area contributed by atoms with Crippen LogP contribution in [0, 0.1) is 5.92 Å². The Bertz CT molecular complexity index is 663. The molecule has 0 saturated carbocycles. The summed E-state index contributed by atoms with van der Waals surface area (Å²) in [6.07, 6.45) is 0.202. The molecule has 0 aliphatic carbocycles. The number of carboxylic acids is 1. The second kappa shape index (κ2) is 4.82. The van der Waals surface area contributed by atoms with Gasteiger partial charge in [0.15, 0.2) is 0 Å². The molecule has 0 fully saturated rings. The van der Waals surface area contributed by atoms with Gasteiger partial charge in [-0.05, 0) is 18.6 Å². The van der Waals surface area contributed by atoms with Gasteiger partial charge in [0.25, 0.3) is 5.56 Å². The maximum absolute atomic E-state index is 11.8. The van der Waals surface area contributed by atoms with Crippen molar-refractivity contribution in [3.63, 3.8) is 0 Å². The molecule has 0 aliphatic rings. The van der Waals surface area contributed by atoms with E-state index in [2.05, 4.69) is 4.98 Å². The Morgan fingerprint density at radius 1 is 1.50 bits per heavy atom. The summed E-state index contributed by atoms with van der Waals surface area (Å²) >= 11 is 5.97. The summed E-state index contributed by atoms with van der Waals surface area (Å²) in [6.45, 7) is 1.57.